The number of nitrogens with zero attached hydrogens (tertiary/aromatic N) is 4. The summed E-state index contributed by atoms with van der Waals surface area (Å²) in [5.74, 6) is 0.969. The zero-order chi connectivity index (χ0) is 16.4. The summed E-state index contributed by atoms with van der Waals surface area (Å²) in [5, 5.41) is 9.24. The quantitative estimate of drug-likeness (QED) is 0.730. The van der Waals surface area contributed by atoms with Crippen LogP contribution in [-0.4, -0.2) is 45.7 Å². The normalized spacial score (nSPS) is 16.0. The van der Waals surface area contributed by atoms with E-state index >= 15 is 0 Å². The van der Waals surface area contributed by atoms with Crippen molar-refractivity contribution in [3.05, 3.63) is 36.0 Å². The van der Waals surface area contributed by atoms with Gasteiger partial charge in [0.25, 0.3) is 0 Å². The van der Waals surface area contributed by atoms with Crippen LogP contribution in [0.3, 0.4) is 0 Å². The van der Waals surface area contributed by atoms with E-state index in [4.69, 9.17) is 4.98 Å². The summed E-state index contributed by atoms with van der Waals surface area (Å²) >= 11 is 0. The lowest BCUT2D eigenvalue weighted by molar-refractivity contribution is 0.228. The Balaban J connectivity index is 1.50. The molecule has 3 aromatic rings. The van der Waals surface area contributed by atoms with Crippen molar-refractivity contribution in [3.8, 4) is 0 Å². The number of aromatic nitrogens is 3. The Labute approximate surface area is 142 Å². The van der Waals surface area contributed by atoms with Gasteiger partial charge in [-0.3, -0.25) is 0 Å². The average Bonchev–Trinajstić information content (AvgIpc) is 3.00. The monoisotopic (exact) mass is 323 g/mol. The number of nitrogens with one attached hydrogen (secondary N) is 1. The van der Waals surface area contributed by atoms with E-state index in [9.17, 15) is 0 Å². The van der Waals surface area contributed by atoms with Crippen LogP contribution in [0.2, 0.25) is 0 Å². The molecule has 0 bridgehead atoms. The van der Waals surface area contributed by atoms with Crippen molar-refractivity contribution in [2.45, 2.75) is 32.6 Å². The smallest absolute Gasteiger partial charge is 0.158 e. The fraction of sp³-hybridized carbons (Fsp3) is 0.474. The van der Waals surface area contributed by atoms with Crippen molar-refractivity contribution >= 4 is 22.4 Å². The molecule has 1 saturated heterocycles. The highest BCUT2D eigenvalue weighted by Crippen LogP contribution is 2.23. The number of rotatable bonds is 5. The maximum absolute atomic E-state index is 4.78. The Bertz CT molecular complexity index is 832. The maximum atomic E-state index is 4.78. The number of benzene rings is 1. The van der Waals surface area contributed by atoms with Crippen LogP contribution in [0, 0.1) is 6.92 Å². The van der Waals surface area contributed by atoms with Gasteiger partial charge in [0.1, 0.15) is 5.82 Å². The number of fused-ring (bicyclic) bond motifs is 3. The molecule has 3 heterocycles. The third kappa shape index (κ3) is 3.08. The third-order valence-corrected chi connectivity index (χ3v) is 4.82. The van der Waals surface area contributed by atoms with Crippen LogP contribution < -0.4 is 5.32 Å². The van der Waals surface area contributed by atoms with Gasteiger partial charge in [-0.25, -0.2) is 9.50 Å². The fourth-order valence-corrected chi connectivity index (χ4v) is 3.60. The van der Waals surface area contributed by atoms with Gasteiger partial charge in [0, 0.05) is 18.0 Å². The zero-order valence-electron chi connectivity index (χ0n) is 14.3. The van der Waals surface area contributed by atoms with E-state index < -0.39 is 0 Å². The molecule has 2 aromatic heterocycles. The van der Waals surface area contributed by atoms with Gasteiger partial charge in [0.2, 0.25) is 0 Å². The van der Waals surface area contributed by atoms with Crippen LogP contribution in [0.5, 0.6) is 0 Å². The van der Waals surface area contributed by atoms with Gasteiger partial charge in [-0.05, 0) is 58.0 Å². The molecule has 126 valence electrons. The lowest BCUT2D eigenvalue weighted by Gasteiger charge is -2.26. The first-order valence-electron chi connectivity index (χ1n) is 9.02. The molecule has 5 nitrogen and oxygen atoms in total. The number of hydrogen-bond acceptors (Lipinski definition) is 4. The summed E-state index contributed by atoms with van der Waals surface area (Å²) in [6, 6.07) is 10.4. The van der Waals surface area contributed by atoms with E-state index in [1.807, 2.05) is 17.5 Å². The van der Waals surface area contributed by atoms with Crippen LogP contribution in [0.4, 0.5) is 5.82 Å². The summed E-state index contributed by atoms with van der Waals surface area (Å²) in [6.45, 7) is 6.68. The molecule has 5 heteroatoms. The first-order chi connectivity index (χ1) is 11.8. The van der Waals surface area contributed by atoms with E-state index in [0.29, 0.717) is 0 Å². The van der Waals surface area contributed by atoms with Crippen LogP contribution in [-0.2, 0) is 0 Å². The lowest BCUT2D eigenvalue weighted by Crippen LogP contribution is -2.31. The van der Waals surface area contributed by atoms with E-state index in [2.05, 4.69) is 39.6 Å². The molecule has 4 rings (SSSR count). The van der Waals surface area contributed by atoms with Gasteiger partial charge in [-0.2, -0.15) is 5.10 Å². The number of likely N-dealkylation sites (tertiary alicyclic amines) is 1. The topological polar surface area (TPSA) is 45.5 Å². The van der Waals surface area contributed by atoms with Crippen LogP contribution in [0.15, 0.2) is 30.3 Å². The molecule has 0 saturated carbocycles. The summed E-state index contributed by atoms with van der Waals surface area (Å²) in [6.07, 6.45) is 5.27. The van der Waals surface area contributed by atoms with Gasteiger partial charge >= 0.3 is 0 Å². The molecule has 0 atom stereocenters. The van der Waals surface area contributed by atoms with Crippen LogP contribution in [0.25, 0.3) is 16.6 Å². The Hall–Kier alpha value is -2.14. The highest BCUT2D eigenvalue weighted by atomic mass is 15.3. The summed E-state index contributed by atoms with van der Waals surface area (Å²) in [7, 11) is 0. The molecule has 0 spiro atoms. The second-order valence-corrected chi connectivity index (χ2v) is 6.72. The average molecular weight is 323 g/mol. The molecule has 1 fully saturated rings. The second kappa shape index (κ2) is 6.77. The van der Waals surface area contributed by atoms with Crippen LogP contribution >= 0.6 is 0 Å². The van der Waals surface area contributed by atoms with E-state index in [1.54, 1.807) is 0 Å². The molecule has 1 aliphatic rings. The standard InChI is InChI=1S/C19H25N5/c1-15-14-18-21-19(16-8-3-4-9-17(16)24(18)22-15)20-10-7-13-23-11-5-2-6-12-23/h3-4,8-9,14H,2,5-7,10-13H2,1H3,(H,20,21). The minimum Gasteiger partial charge on any atom is -0.369 e. The van der Waals surface area contributed by atoms with Crippen molar-refractivity contribution in [1.82, 2.24) is 19.5 Å². The van der Waals surface area contributed by atoms with Gasteiger partial charge in [0.15, 0.2) is 5.65 Å². The molecule has 0 unspecified atom stereocenters. The summed E-state index contributed by atoms with van der Waals surface area (Å²) < 4.78 is 1.93. The predicted octanol–water partition coefficient (Wildman–Crippen LogP) is 3.48. The lowest BCUT2D eigenvalue weighted by atomic mass is 10.1. The van der Waals surface area contributed by atoms with Gasteiger partial charge in [-0.1, -0.05) is 18.6 Å². The SMILES string of the molecule is Cc1cc2nc(NCCCN3CCCCC3)c3ccccc3n2n1. The van der Waals surface area contributed by atoms with Gasteiger partial charge in [0.05, 0.1) is 11.2 Å². The Morgan fingerprint density at radius 1 is 1.12 bits per heavy atom. The Morgan fingerprint density at radius 3 is 2.83 bits per heavy atom. The molecular formula is C19H25N5. The summed E-state index contributed by atoms with van der Waals surface area (Å²) in [5.41, 5.74) is 3.01. The highest BCUT2D eigenvalue weighted by Gasteiger charge is 2.11. The number of anilines is 1. The van der Waals surface area contributed by atoms with Crippen LogP contribution in [0.1, 0.15) is 31.4 Å². The van der Waals surface area contributed by atoms with Crippen molar-refractivity contribution in [1.29, 1.82) is 0 Å². The van der Waals surface area contributed by atoms with Crippen molar-refractivity contribution in [2.75, 3.05) is 31.5 Å². The number of aryl methyl sites for hydroxylation is 1. The van der Waals surface area contributed by atoms with Crippen molar-refractivity contribution in [2.24, 2.45) is 0 Å². The van der Waals surface area contributed by atoms with E-state index in [1.165, 1.54) is 38.9 Å². The van der Waals surface area contributed by atoms with E-state index in [-0.39, 0.29) is 0 Å². The fourth-order valence-electron chi connectivity index (χ4n) is 3.60. The first kappa shape index (κ1) is 15.4. The van der Waals surface area contributed by atoms with Crippen molar-refractivity contribution < 1.29 is 0 Å². The molecule has 0 aliphatic carbocycles. The second-order valence-electron chi connectivity index (χ2n) is 6.72. The molecular weight excluding hydrogens is 298 g/mol. The molecule has 1 N–H and O–H groups in total. The third-order valence-electron chi connectivity index (χ3n) is 4.82. The maximum Gasteiger partial charge on any atom is 0.158 e. The minimum atomic E-state index is 0.907. The minimum absolute atomic E-state index is 0.907. The number of hydrogen-bond donors (Lipinski definition) is 1. The Kier molecular flexibility index (Phi) is 4.34. The molecule has 0 radical (unpaired) electrons. The molecule has 24 heavy (non-hydrogen) atoms. The van der Waals surface area contributed by atoms with Gasteiger partial charge < -0.3 is 10.2 Å². The number of para-hydroxylation sites is 1. The predicted molar refractivity (Wildman–Crippen MR) is 98.6 cm³/mol. The number of piperidine rings is 1. The Morgan fingerprint density at radius 2 is 1.96 bits per heavy atom. The zero-order valence-corrected chi connectivity index (χ0v) is 14.3. The largest absolute Gasteiger partial charge is 0.369 e. The highest BCUT2D eigenvalue weighted by molar-refractivity contribution is 5.91. The summed E-state index contributed by atoms with van der Waals surface area (Å²) in [4.78, 5) is 7.37. The molecule has 1 aromatic carbocycles. The van der Waals surface area contributed by atoms with Crippen molar-refractivity contribution in [3.63, 3.8) is 0 Å². The van der Waals surface area contributed by atoms with Gasteiger partial charge in [-0.15, -0.1) is 0 Å². The first-order valence-corrected chi connectivity index (χ1v) is 9.02. The molecule has 0 amide bonds. The molecule has 1 aliphatic heterocycles. The van der Waals surface area contributed by atoms with E-state index in [0.717, 1.165) is 41.0 Å².